The van der Waals surface area contributed by atoms with Gasteiger partial charge < -0.3 is 88.3 Å². The summed E-state index contributed by atoms with van der Waals surface area (Å²) in [5, 5.41) is 37.9. The Labute approximate surface area is 699 Å². The van der Waals surface area contributed by atoms with Crippen LogP contribution in [0.15, 0.2) is 181 Å². The van der Waals surface area contributed by atoms with E-state index in [0.29, 0.717) is 73.5 Å². The highest BCUT2D eigenvalue weighted by molar-refractivity contribution is 8.26. The number of aliphatic hydroxyl groups excluding tert-OH is 1. The molecule has 638 valence electrons. The summed E-state index contributed by atoms with van der Waals surface area (Å²) < 4.78 is 35.7. The molecule has 7 rings (SSSR count). The van der Waals surface area contributed by atoms with Crippen LogP contribution in [0.5, 0.6) is 0 Å². The summed E-state index contributed by atoms with van der Waals surface area (Å²) in [7, 11) is 10.2. The number of halogens is 4. The van der Waals surface area contributed by atoms with Gasteiger partial charge in [0.05, 0.1) is 51.4 Å². The molecule has 0 fully saturated rings. The number of ketones is 2. The number of amides is 7. The summed E-state index contributed by atoms with van der Waals surface area (Å²) >= 11 is 5.12. The molecule has 1 aliphatic carbocycles. The van der Waals surface area contributed by atoms with Crippen molar-refractivity contribution in [2.45, 2.75) is 125 Å². The highest BCUT2D eigenvalue weighted by atomic mass is 36.0. The molecule has 15 N–H and O–H groups in total. The van der Waals surface area contributed by atoms with Crippen molar-refractivity contribution in [3.63, 3.8) is 0 Å². The van der Waals surface area contributed by atoms with Gasteiger partial charge in [0.15, 0.2) is 6.10 Å². The fraction of sp³-hybridized carbons (Fsp3) is 0.403. The minimum Gasteiger partial charge on any atom is -0.478 e. The van der Waals surface area contributed by atoms with E-state index in [1.807, 2.05) is 27.7 Å². The zero-order valence-corrected chi connectivity index (χ0v) is 69.6. The number of nitrogens with two attached hydrogens (primary N) is 3. The van der Waals surface area contributed by atoms with Crippen molar-refractivity contribution in [2.24, 2.45) is 29.0 Å². The number of aromatic nitrogens is 5. The summed E-state index contributed by atoms with van der Waals surface area (Å²) in [5.41, 5.74) is 17.7. The lowest BCUT2D eigenvalue weighted by molar-refractivity contribution is -0.120. The fourth-order valence-corrected chi connectivity index (χ4v) is 9.35. The van der Waals surface area contributed by atoms with Gasteiger partial charge in [-0.15, -0.1) is 12.4 Å². The van der Waals surface area contributed by atoms with Crippen molar-refractivity contribution in [1.29, 1.82) is 0 Å². The standard InChI is InChI=1S/C36H47N5O9.C13H19N3O3.C8H11N3O.C7H16N2O2.C6H4ClNO.C6H5NO2.CH4.Cl2OS.ClH/c1-20-15-25-30(39-13-14-40-35(46)24-10-8-12-38-19-24)27(42)18-26(32(25)44)41-34(45)21(2)9-7-11-28(48-5)33(50-36(37)47)23(4)17-22(3)31(43)29(16-20)49-6;1-13(2,3)19-12(18)16-8-7-15-11(17)10-5-4-6-14-9-10;9-3-5-11-8(12)7-2-1-4-10-6-7;1-7(2,3)11-6(10)9-5-4-8;7-6(9)5-2-1-3-8-4-5;8-6(9)5-2-1-3-7-4-5;;1-4(2)3;/h7-12,17-20,22,28-29,31,33,39,43H,13-16H2,1-6H3,(H2,37,47)(H,40,46)(H,41,45);4-6,9H,7-8H2,1-3H3,(H,15,17)(H,16,18);1-2,4,6H,3,5,9H2,(H,11,12);4-5,8H2,1-3H3,(H,9,10);1-4H;1-4H,(H,8,9);1H4;;1H/p+1/b11-7-,21-9+,23-17+;;;;;;;;/t20-,22+,28+,29+,31-,33?;;;;;;;;/m1......../s1. The number of aromatic carboxylic acids is 1. The van der Waals surface area contributed by atoms with Gasteiger partial charge in [-0.25, -0.2) is 23.4 Å². The van der Waals surface area contributed by atoms with Gasteiger partial charge in [-0.1, -0.05) is 45.6 Å². The second kappa shape index (κ2) is 59.2. The molecule has 0 radical (unpaired) electrons. The van der Waals surface area contributed by atoms with E-state index in [9.17, 15) is 57.8 Å². The number of allylic oxidation sites excluding steroid dienone is 4. The van der Waals surface area contributed by atoms with Gasteiger partial charge >= 0.3 is 25.7 Å². The van der Waals surface area contributed by atoms with E-state index < -0.39 is 97.7 Å². The van der Waals surface area contributed by atoms with Gasteiger partial charge in [-0.3, -0.25) is 58.5 Å². The van der Waals surface area contributed by atoms with E-state index in [1.165, 1.54) is 76.5 Å². The number of methoxy groups -OCH3 is 2. The molecule has 0 spiro atoms. The molecule has 1 aliphatic heterocycles. The van der Waals surface area contributed by atoms with Crippen LogP contribution in [-0.4, -0.2) is 206 Å². The molecular formula is C77H108Cl4N15O19S+. The van der Waals surface area contributed by atoms with Crippen LogP contribution >= 0.6 is 45.4 Å². The van der Waals surface area contributed by atoms with Gasteiger partial charge in [0.25, 0.3) is 28.9 Å². The van der Waals surface area contributed by atoms with Gasteiger partial charge in [0, 0.05) is 173 Å². The third kappa shape index (κ3) is 47.4. The van der Waals surface area contributed by atoms with Crippen molar-refractivity contribution in [2.75, 3.05) is 66.6 Å². The number of hydrogen-bond acceptors (Lipinski definition) is 26. The smallest absolute Gasteiger partial charge is 0.478 e. The quantitative estimate of drug-likeness (QED) is 0.0122. The first kappa shape index (κ1) is 108. The molecule has 116 heavy (non-hydrogen) atoms. The van der Waals surface area contributed by atoms with E-state index in [-0.39, 0.29) is 92.5 Å². The van der Waals surface area contributed by atoms with Crippen molar-refractivity contribution in [3.05, 3.63) is 209 Å². The van der Waals surface area contributed by atoms with Crippen LogP contribution in [0.25, 0.3) is 0 Å². The largest absolute Gasteiger partial charge is 1.00 e. The van der Waals surface area contributed by atoms with Gasteiger partial charge in [0.1, 0.15) is 17.3 Å². The molecule has 6 atom stereocenters. The minimum absolute atomic E-state index is 0. The van der Waals surface area contributed by atoms with Crippen LogP contribution in [0.2, 0.25) is 0 Å². The molecule has 39 heteroatoms. The van der Waals surface area contributed by atoms with Crippen LogP contribution in [-0.2, 0) is 47.3 Å². The molecule has 0 saturated carbocycles. The van der Waals surface area contributed by atoms with Crippen LogP contribution in [0.3, 0.4) is 0 Å². The first-order chi connectivity index (χ1) is 53.8. The van der Waals surface area contributed by atoms with E-state index >= 15 is 0 Å². The molecule has 6 heterocycles. The summed E-state index contributed by atoms with van der Waals surface area (Å²) in [6.07, 6.45) is 17.5. The number of pyridine rings is 5. The van der Waals surface area contributed by atoms with Gasteiger partial charge in [-0.05, 0) is 152 Å². The van der Waals surface area contributed by atoms with Crippen molar-refractivity contribution < 1.29 is 92.3 Å². The van der Waals surface area contributed by atoms with E-state index in [1.54, 1.807) is 126 Å². The Hall–Kier alpha value is -10.5. The van der Waals surface area contributed by atoms with Crippen molar-refractivity contribution in [1.82, 2.24) is 62.1 Å². The lowest BCUT2D eigenvalue weighted by atomic mass is 9.85. The zero-order chi connectivity index (χ0) is 85.9. The molecule has 0 aromatic carbocycles. The number of nitrogens with zero attached hydrogens (tertiary/aromatic N) is 5. The number of ether oxygens (including phenoxy) is 5. The average Bonchev–Trinajstić information content (AvgIpc) is 1.01. The Morgan fingerprint density at radius 1 is 0.647 bits per heavy atom. The maximum atomic E-state index is 13.9. The lowest BCUT2D eigenvalue weighted by Gasteiger charge is -2.30. The molecule has 1 unspecified atom stereocenters. The van der Waals surface area contributed by atoms with Crippen LogP contribution < -0.4 is 54.4 Å². The van der Waals surface area contributed by atoms with Gasteiger partial charge in [0.2, 0.25) is 20.8 Å². The molecule has 2 bridgehead atoms. The normalized spacial score (nSPS) is 17.6. The summed E-state index contributed by atoms with van der Waals surface area (Å²) in [6.45, 7) is 20.4. The number of nitrogens with one attached hydrogen (secondary N) is 7. The first-order valence-corrected chi connectivity index (χ1v) is 38.2. The van der Waals surface area contributed by atoms with Crippen LogP contribution in [0, 0.1) is 11.8 Å². The number of Topliss-reactive ketones (excluding diaryl/α,β-unsaturated/α-hetero) is 1. The molecule has 7 amide bonds. The molecule has 34 nitrogen and oxygen atoms in total. The van der Waals surface area contributed by atoms with Gasteiger partial charge in [-0.2, -0.15) is 0 Å². The first-order valence-electron chi connectivity index (χ1n) is 35.0. The Balaban J connectivity index is -0.00000156. The number of rotatable bonds is 19. The highest BCUT2D eigenvalue weighted by Crippen LogP contribution is 2.29. The van der Waals surface area contributed by atoms with E-state index in [0.717, 1.165) is 6.08 Å². The number of carboxylic acids is 1. The molecule has 0 saturated heterocycles. The predicted octanol–water partition coefficient (Wildman–Crippen LogP) is 8.21. The number of hydrogen-bond donors (Lipinski definition) is 12. The lowest BCUT2D eigenvalue weighted by Crippen LogP contribution is -2.39. The Bertz CT molecular complexity index is 4010. The number of primary amides is 1. The Morgan fingerprint density at radius 3 is 1.42 bits per heavy atom. The molecule has 5 aromatic heterocycles. The molecule has 2 aliphatic rings. The number of alkyl carbamates (subject to hydrolysis) is 2. The Morgan fingerprint density at radius 2 is 1.05 bits per heavy atom. The molecule has 5 aromatic rings. The molecular weight excluding hydrogens is 1610 g/mol. The predicted molar refractivity (Wildman–Crippen MR) is 444 cm³/mol. The highest BCUT2D eigenvalue weighted by Gasteiger charge is 2.34. The maximum Gasteiger partial charge on any atom is 1.00 e. The number of carboxylic acid groups (broad SMARTS) is 1. The Kier molecular flexibility index (Phi) is 54.9. The van der Waals surface area contributed by atoms with Crippen LogP contribution in [0.1, 0.15) is 143 Å². The number of fused-ring (bicyclic) bond motifs is 2. The zero-order valence-electron chi connectivity index (χ0n) is 66.7. The maximum absolute atomic E-state index is 13.9. The second-order valence-corrected chi connectivity index (χ2v) is 28.9. The second-order valence-electron chi connectivity index (χ2n) is 26.0. The van der Waals surface area contributed by atoms with Crippen molar-refractivity contribution >= 4 is 119 Å². The topological polar surface area (TPSA) is 518 Å². The third-order valence-corrected chi connectivity index (χ3v) is 14.6. The summed E-state index contributed by atoms with van der Waals surface area (Å²) in [4.78, 5) is 149. The van der Waals surface area contributed by atoms with E-state index in [2.05, 4.69) is 83.5 Å². The summed E-state index contributed by atoms with van der Waals surface area (Å²) in [6, 6.07) is 16.4. The fourth-order valence-electron chi connectivity index (χ4n) is 9.24. The minimum atomic E-state index is -1.67. The van der Waals surface area contributed by atoms with Crippen molar-refractivity contribution in [3.8, 4) is 0 Å². The van der Waals surface area contributed by atoms with E-state index in [4.69, 9.17) is 61.8 Å². The summed E-state index contributed by atoms with van der Waals surface area (Å²) in [5.74, 6) is -4.08. The third-order valence-electron chi connectivity index (χ3n) is 14.4. The SMILES string of the molecule is C.CC(C)(C)OC(=O)NCCN.CC(C)(C)OC(=O)NCCNC(=O)c1cccnc1.CO[C@H]1/C=C\C=C(/C)C(=O)NC2=CC(=O)C(NCCNC(=O)c3cccnc3)=C(C[C@@H](C)C[C@H](OC)[C@H](O)[C@@H](C)/C=C(\C)C1OC(N)=O)C2=O.Cl.NCCNC(=O)c1cccnc1.O=C(Cl)c1cccnc1.O=C(O)c1cccnc1.O=S(Cl)Cl.[H+]. The monoisotopic (exact) mass is 1720 g/mol. The average molecular weight is 1720 g/mol. The van der Waals surface area contributed by atoms with Crippen LogP contribution in [0.4, 0.5) is 14.4 Å². The number of carbonyl (C=O) groups is 11. The number of aliphatic hydroxyl groups is 1. The number of carbonyl (C=O) groups excluding carboxylic acids is 10.